The van der Waals surface area contributed by atoms with E-state index in [1.165, 1.54) is 5.56 Å². The predicted molar refractivity (Wildman–Crippen MR) is 101 cm³/mol. The summed E-state index contributed by atoms with van der Waals surface area (Å²) in [6.45, 7) is 9.43. The molecular formula is C21H25NO4. The van der Waals surface area contributed by atoms with Crippen molar-refractivity contribution in [2.75, 3.05) is 25.1 Å². The summed E-state index contributed by atoms with van der Waals surface area (Å²) >= 11 is 0. The van der Waals surface area contributed by atoms with Gasteiger partial charge in [0.2, 0.25) is 0 Å². The number of aryl methyl sites for hydroxylation is 1. The quantitative estimate of drug-likeness (QED) is 0.898. The van der Waals surface area contributed by atoms with E-state index in [4.69, 9.17) is 14.2 Å². The molecule has 0 unspecified atom stereocenters. The molecule has 2 aromatic carbocycles. The van der Waals surface area contributed by atoms with Gasteiger partial charge in [-0.1, -0.05) is 38.5 Å². The van der Waals surface area contributed by atoms with Crippen LogP contribution in [0.1, 0.15) is 31.9 Å². The molecule has 5 nitrogen and oxygen atoms in total. The number of amides is 1. The fourth-order valence-corrected chi connectivity index (χ4v) is 2.82. The molecule has 0 bridgehead atoms. The van der Waals surface area contributed by atoms with Gasteiger partial charge in [-0.25, -0.2) is 0 Å². The third kappa shape index (κ3) is 4.28. The molecule has 0 fully saturated rings. The first-order valence-corrected chi connectivity index (χ1v) is 8.76. The van der Waals surface area contributed by atoms with E-state index in [1.807, 2.05) is 19.1 Å². The second-order valence-electron chi connectivity index (χ2n) is 7.44. The van der Waals surface area contributed by atoms with Gasteiger partial charge < -0.3 is 19.5 Å². The molecule has 2 aromatic rings. The number of anilines is 1. The third-order valence-corrected chi connectivity index (χ3v) is 4.13. The van der Waals surface area contributed by atoms with Crippen LogP contribution in [0.4, 0.5) is 5.69 Å². The number of carbonyl (C=O) groups is 1. The largest absolute Gasteiger partial charge is 0.486 e. The van der Waals surface area contributed by atoms with Crippen LogP contribution in [0, 0.1) is 6.92 Å². The first-order chi connectivity index (χ1) is 12.3. The van der Waals surface area contributed by atoms with Gasteiger partial charge in [0, 0.05) is 11.8 Å². The van der Waals surface area contributed by atoms with Crippen LogP contribution in [0.3, 0.4) is 0 Å². The van der Waals surface area contributed by atoms with E-state index < -0.39 is 0 Å². The van der Waals surface area contributed by atoms with E-state index in [1.54, 1.807) is 18.2 Å². The number of nitrogens with one attached hydrogen (secondary N) is 1. The molecule has 1 N–H and O–H groups in total. The number of hydrogen-bond acceptors (Lipinski definition) is 4. The van der Waals surface area contributed by atoms with Gasteiger partial charge in [0.1, 0.15) is 19.0 Å². The smallest absolute Gasteiger partial charge is 0.262 e. The van der Waals surface area contributed by atoms with Crippen LogP contribution in [-0.4, -0.2) is 25.7 Å². The molecular weight excluding hydrogens is 330 g/mol. The second kappa shape index (κ2) is 7.28. The zero-order valence-electron chi connectivity index (χ0n) is 15.7. The first-order valence-electron chi connectivity index (χ1n) is 8.76. The van der Waals surface area contributed by atoms with Crippen molar-refractivity contribution in [3.8, 4) is 17.2 Å². The van der Waals surface area contributed by atoms with Crippen LogP contribution >= 0.6 is 0 Å². The first kappa shape index (κ1) is 18.1. The van der Waals surface area contributed by atoms with Gasteiger partial charge in [-0.15, -0.1) is 0 Å². The minimum atomic E-state index is -0.220. The lowest BCUT2D eigenvalue weighted by Gasteiger charge is -2.23. The SMILES string of the molecule is Cc1ccc(OCC(=O)Nc2ccc3c(c2)OCCO3)c(C(C)(C)C)c1. The van der Waals surface area contributed by atoms with E-state index >= 15 is 0 Å². The van der Waals surface area contributed by atoms with Crippen LogP contribution < -0.4 is 19.5 Å². The molecule has 0 saturated carbocycles. The maximum absolute atomic E-state index is 12.3. The Hall–Kier alpha value is -2.69. The molecule has 26 heavy (non-hydrogen) atoms. The van der Waals surface area contributed by atoms with Gasteiger partial charge in [-0.05, 0) is 36.1 Å². The summed E-state index contributed by atoms with van der Waals surface area (Å²) in [5.41, 5.74) is 2.85. The molecule has 138 valence electrons. The van der Waals surface area contributed by atoms with Crippen molar-refractivity contribution in [2.24, 2.45) is 0 Å². The normalized spacial score (nSPS) is 13.2. The summed E-state index contributed by atoms with van der Waals surface area (Å²) in [4.78, 5) is 12.3. The van der Waals surface area contributed by atoms with Crippen molar-refractivity contribution < 1.29 is 19.0 Å². The van der Waals surface area contributed by atoms with Crippen molar-refractivity contribution in [2.45, 2.75) is 33.1 Å². The number of ether oxygens (including phenoxy) is 3. The zero-order chi connectivity index (χ0) is 18.7. The molecule has 1 heterocycles. The average molecular weight is 355 g/mol. The van der Waals surface area contributed by atoms with Gasteiger partial charge in [-0.3, -0.25) is 4.79 Å². The van der Waals surface area contributed by atoms with Crippen molar-refractivity contribution in [1.82, 2.24) is 0 Å². The van der Waals surface area contributed by atoms with Gasteiger partial charge in [0.05, 0.1) is 0 Å². The van der Waals surface area contributed by atoms with Crippen LogP contribution in [0.25, 0.3) is 0 Å². The van der Waals surface area contributed by atoms with Crippen molar-refractivity contribution in [3.05, 3.63) is 47.5 Å². The lowest BCUT2D eigenvalue weighted by atomic mass is 9.85. The molecule has 0 aromatic heterocycles. The maximum Gasteiger partial charge on any atom is 0.262 e. The van der Waals surface area contributed by atoms with Crippen molar-refractivity contribution in [3.63, 3.8) is 0 Å². The summed E-state index contributed by atoms with van der Waals surface area (Å²) in [7, 11) is 0. The Morgan fingerprint density at radius 3 is 2.54 bits per heavy atom. The van der Waals surface area contributed by atoms with E-state index in [0.29, 0.717) is 30.4 Å². The maximum atomic E-state index is 12.3. The van der Waals surface area contributed by atoms with Gasteiger partial charge >= 0.3 is 0 Å². The summed E-state index contributed by atoms with van der Waals surface area (Å²) in [5, 5.41) is 2.83. The number of benzene rings is 2. The fourth-order valence-electron chi connectivity index (χ4n) is 2.82. The summed E-state index contributed by atoms with van der Waals surface area (Å²) in [5.74, 6) is 1.85. The Labute approximate surface area is 154 Å². The van der Waals surface area contributed by atoms with Crippen LogP contribution in [-0.2, 0) is 10.2 Å². The lowest BCUT2D eigenvalue weighted by molar-refractivity contribution is -0.118. The van der Waals surface area contributed by atoms with Crippen molar-refractivity contribution >= 4 is 11.6 Å². The van der Waals surface area contributed by atoms with E-state index in [-0.39, 0.29) is 17.9 Å². The summed E-state index contributed by atoms with van der Waals surface area (Å²) in [6.07, 6.45) is 0. The molecule has 0 spiro atoms. The highest BCUT2D eigenvalue weighted by molar-refractivity contribution is 5.92. The average Bonchev–Trinajstić information content (AvgIpc) is 2.60. The molecule has 5 heteroatoms. The monoisotopic (exact) mass is 355 g/mol. The fraction of sp³-hybridized carbons (Fsp3) is 0.381. The molecule has 1 amide bonds. The van der Waals surface area contributed by atoms with E-state index in [0.717, 1.165) is 11.3 Å². The highest BCUT2D eigenvalue weighted by Gasteiger charge is 2.20. The number of rotatable bonds is 4. The molecule has 0 radical (unpaired) electrons. The molecule has 1 aliphatic rings. The zero-order valence-corrected chi connectivity index (χ0v) is 15.7. The summed E-state index contributed by atoms with van der Waals surface area (Å²) < 4.78 is 16.8. The van der Waals surface area contributed by atoms with Crippen LogP contribution in [0.5, 0.6) is 17.2 Å². The highest BCUT2D eigenvalue weighted by atomic mass is 16.6. The number of carbonyl (C=O) groups excluding carboxylic acids is 1. The Morgan fingerprint density at radius 2 is 1.81 bits per heavy atom. The second-order valence-corrected chi connectivity index (χ2v) is 7.44. The van der Waals surface area contributed by atoms with Gasteiger partial charge in [0.25, 0.3) is 5.91 Å². The predicted octanol–water partition coefficient (Wildman–Crippen LogP) is 4.08. The lowest BCUT2D eigenvalue weighted by Crippen LogP contribution is -2.22. The van der Waals surface area contributed by atoms with Gasteiger partial charge in [-0.2, -0.15) is 0 Å². The molecule has 1 aliphatic heterocycles. The molecule has 0 aliphatic carbocycles. The number of fused-ring (bicyclic) bond motifs is 1. The Kier molecular flexibility index (Phi) is 5.07. The topological polar surface area (TPSA) is 56.8 Å². The molecule has 0 atom stereocenters. The van der Waals surface area contributed by atoms with Crippen LogP contribution in [0.2, 0.25) is 0 Å². The minimum Gasteiger partial charge on any atom is -0.486 e. The van der Waals surface area contributed by atoms with E-state index in [9.17, 15) is 4.79 Å². The highest BCUT2D eigenvalue weighted by Crippen LogP contribution is 2.33. The third-order valence-electron chi connectivity index (χ3n) is 4.13. The standard InChI is InChI=1S/C21H25NO4/c1-14-5-7-17(16(11-14)21(2,3)4)26-13-20(23)22-15-6-8-18-19(12-15)25-10-9-24-18/h5-8,11-12H,9-10,13H2,1-4H3,(H,22,23). The molecule has 3 rings (SSSR count). The van der Waals surface area contributed by atoms with Crippen molar-refractivity contribution in [1.29, 1.82) is 0 Å². The van der Waals surface area contributed by atoms with E-state index in [2.05, 4.69) is 32.2 Å². The van der Waals surface area contributed by atoms with Gasteiger partial charge in [0.15, 0.2) is 18.1 Å². The Bertz CT molecular complexity index is 808. The Balaban J connectivity index is 1.65. The summed E-state index contributed by atoms with van der Waals surface area (Å²) in [6, 6.07) is 11.4. The number of hydrogen-bond donors (Lipinski definition) is 1. The minimum absolute atomic E-state index is 0.0550. The van der Waals surface area contributed by atoms with Crippen LogP contribution in [0.15, 0.2) is 36.4 Å². The molecule has 0 saturated heterocycles. The Morgan fingerprint density at radius 1 is 1.08 bits per heavy atom.